The molecule has 0 spiro atoms. The van der Waals surface area contributed by atoms with Gasteiger partial charge in [-0.05, 0) is 37.5 Å². The lowest BCUT2D eigenvalue weighted by Gasteiger charge is -2.16. The van der Waals surface area contributed by atoms with Crippen LogP contribution in [0.15, 0.2) is 36.4 Å². The Kier molecular flexibility index (Phi) is 6.60. The van der Waals surface area contributed by atoms with E-state index in [1.165, 1.54) is 5.56 Å². The fourth-order valence-corrected chi connectivity index (χ4v) is 3.51. The van der Waals surface area contributed by atoms with E-state index < -0.39 is 0 Å². The Balaban J connectivity index is 1.65. The minimum Gasteiger partial charge on any atom is -0.487 e. The summed E-state index contributed by atoms with van der Waals surface area (Å²) in [5.74, 6) is 0.687. The SMILES string of the molecule is Cc1ccc(COc2c(Cl)cc(Cl)cc2CNC[C@@H]2CCCO2)cc1. The number of halogens is 2. The Morgan fingerprint density at radius 1 is 1.20 bits per heavy atom. The van der Waals surface area contributed by atoms with Crippen LogP contribution in [-0.4, -0.2) is 19.3 Å². The van der Waals surface area contributed by atoms with Gasteiger partial charge in [0.25, 0.3) is 0 Å². The van der Waals surface area contributed by atoms with Crippen molar-refractivity contribution in [3.8, 4) is 5.75 Å². The van der Waals surface area contributed by atoms with Crippen LogP contribution in [0.1, 0.15) is 29.5 Å². The molecule has 2 aromatic rings. The lowest BCUT2D eigenvalue weighted by atomic mass is 10.1. The first-order valence-electron chi connectivity index (χ1n) is 8.60. The lowest BCUT2D eigenvalue weighted by molar-refractivity contribution is 0.110. The number of hydrogen-bond acceptors (Lipinski definition) is 3. The quantitative estimate of drug-likeness (QED) is 0.721. The third-order valence-electron chi connectivity index (χ3n) is 4.30. The van der Waals surface area contributed by atoms with Gasteiger partial charge in [0.2, 0.25) is 0 Å². The van der Waals surface area contributed by atoms with E-state index in [9.17, 15) is 0 Å². The van der Waals surface area contributed by atoms with E-state index >= 15 is 0 Å². The molecule has 1 aliphatic heterocycles. The number of ether oxygens (including phenoxy) is 2. The molecular weight excluding hydrogens is 357 g/mol. The van der Waals surface area contributed by atoms with Crippen molar-refractivity contribution in [1.29, 1.82) is 0 Å². The highest BCUT2D eigenvalue weighted by atomic mass is 35.5. The van der Waals surface area contributed by atoms with E-state index in [0.717, 1.165) is 37.1 Å². The van der Waals surface area contributed by atoms with Crippen molar-refractivity contribution in [2.24, 2.45) is 0 Å². The van der Waals surface area contributed by atoms with Gasteiger partial charge in [0.15, 0.2) is 0 Å². The molecule has 0 bridgehead atoms. The fraction of sp³-hybridized carbons (Fsp3) is 0.400. The van der Waals surface area contributed by atoms with Crippen molar-refractivity contribution in [3.05, 3.63) is 63.1 Å². The van der Waals surface area contributed by atoms with Gasteiger partial charge in [0, 0.05) is 30.3 Å². The summed E-state index contributed by atoms with van der Waals surface area (Å²) in [6, 6.07) is 11.9. The van der Waals surface area contributed by atoms with Crippen LogP contribution >= 0.6 is 23.2 Å². The number of nitrogens with one attached hydrogen (secondary N) is 1. The number of benzene rings is 2. The zero-order valence-corrected chi connectivity index (χ0v) is 15.9. The molecule has 0 aromatic heterocycles. The molecule has 25 heavy (non-hydrogen) atoms. The first kappa shape index (κ1) is 18.5. The maximum Gasteiger partial charge on any atom is 0.142 e. The van der Waals surface area contributed by atoms with Gasteiger partial charge in [-0.15, -0.1) is 0 Å². The van der Waals surface area contributed by atoms with E-state index in [2.05, 4.69) is 36.5 Å². The molecule has 3 nitrogen and oxygen atoms in total. The Morgan fingerprint density at radius 2 is 2.00 bits per heavy atom. The second-order valence-electron chi connectivity index (χ2n) is 6.42. The molecule has 5 heteroatoms. The summed E-state index contributed by atoms with van der Waals surface area (Å²) in [7, 11) is 0. The molecule has 1 aliphatic rings. The van der Waals surface area contributed by atoms with E-state index in [0.29, 0.717) is 35.1 Å². The van der Waals surface area contributed by atoms with Gasteiger partial charge < -0.3 is 14.8 Å². The van der Waals surface area contributed by atoms with Crippen LogP contribution in [0.2, 0.25) is 10.0 Å². The van der Waals surface area contributed by atoms with Crippen LogP contribution in [-0.2, 0) is 17.9 Å². The predicted octanol–water partition coefficient (Wildman–Crippen LogP) is 5.15. The minimum atomic E-state index is 0.298. The van der Waals surface area contributed by atoms with Crippen LogP contribution in [0.3, 0.4) is 0 Å². The fourth-order valence-electron chi connectivity index (χ4n) is 2.92. The van der Waals surface area contributed by atoms with Crippen LogP contribution in [0.5, 0.6) is 5.75 Å². The summed E-state index contributed by atoms with van der Waals surface area (Å²) in [6.07, 6.45) is 2.55. The molecule has 0 amide bonds. The van der Waals surface area contributed by atoms with Gasteiger partial charge in [0.1, 0.15) is 12.4 Å². The van der Waals surface area contributed by atoms with E-state index in [1.54, 1.807) is 6.07 Å². The molecule has 1 saturated heterocycles. The molecular formula is C20H23Cl2NO2. The van der Waals surface area contributed by atoms with Gasteiger partial charge in [-0.3, -0.25) is 0 Å². The highest BCUT2D eigenvalue weighted by Crippen LogP contribution is 2.33. The smallest absolute Gasteiger partial charge is 0.142 e. The second-order valence-corrected chi connectivity index (χ2v) is 7.26. The first-order chi connectivity index (χ1) is 12.1. The zero-order valence-electron chi connectivity index (χ0n) is 14.4. The highest BCUT2D eigenvalue weighted by molar-refractivity contribution is 6.35. The van der Waals surface area contributed by atoms with Crippen molar-refractivity contribution in [2.75, 3.05) is 13.2 Å². The topological polar surface area (TPSA) is 30.5 Å². The lowest BCUT2D eigenvalue weighted by Crippen LogP contribution is -2.26. The molecule has 0 unspecified atom stereocenters. The van der Waals surface area contributed by atoms with Crippen molar-refractivity contribution in [2.45, 2.75) is 39.0 Å². The summed E-state index contributed by atoms with van der Waals surface area (Å²) in [6.45, 7) is 4.87. The Morgan fingerprint density at radius 3 is 2.72 bits per heavy atom. The van der Waals surface area contributed by atoms with E-state index in [1.807, 2.05) is 6.07 Å². The van der Waals surface area contributed by atoms with Crippen molar-refractivity contribution >= 4 is 23.2 Å². The standard InChI is InChI=1S/C20H23Cl2NO2/c1-14-4-6-15(7-5-14)13-25-20-16(9-17(21)10-19(20)22)11-23-12-18-3-2-8-24-18/h4-7,9-10,18,23H,2-3,8,11-13H2,1H3/t18-/m0/s1. The molecule has 2 aromatic carbocycles. The maximum atomic E-state index is 6.37. The minimum absolute atomic E-state index is 0.298. The van der Waals surface area contributed by atoms with Crippen molar-refractivity contribution < 1.29 is 9.47 Å². The molecule has 1 N–H and O–H groups in total. The monoisotopic (exact) mass is 379 g/mol. The molecule has 1 atom stereocenters. The van der Waals surface area contributed by atoms with Gasteiger partial charge in [-0.2, -0.15) is 0 Å². The highest BCUT2D eigenvalue weighted by Gasteiger charge is 2.16. The molecule has 1 heterocycles. The summed E-state index contributed by atoms with van der Waals surface area (Å²) in [4.78, 5) is 0. The Hall–Kier alpha value is -1.26. The van der Waals surface area contributed by atoms with Crippen LogP contribution in [0, 0.1) is 6.92 Å². The third-order valence-corrected chi connectivity index (χ3v) is 4.80. The largest absolute Gasteiger partial charge is 0.487 e. The molecule has 3 rings (SSSR count). The van der Waals surface area contributed by atoms with Crippen molar-refractivity contribution in [3.63, 3.8) is 0 Å². The summed E-state index contributed by atoms with van der Waals surface area (Å²) in [5.41, 5.74) is 3.30. The number of rotatable bonds is 7. The van der Waals surface area contributed by atoms with Gasteiger partial charge >= 0.3 is 0 Å². The molecule has 0 radical (unpaired) electrons. The summed E-state index contributed by atoms with van der Waals surface area (Å²) >= 11 is 12.5. The van der Waals surface area contributed by atoms with E-state index in [-0.39, 0.29) is 0 Å². The molecule has 0 saturated carbocycles. The maximum absolute atomic E-state index is 6.37. The van der Waals surface area contributed by atoms with Crippen LogP contribution in [0.25, 0.3) is 0 Å². The van der Waals surface area contributed by atoms with Crippen LogP contribution < -0.4 is 10.1 Å². The van der Waals surface area contributed by atoms with Crippen molar-refractivity contribution in [1.82, 2.24) is 5.32 Å². The molecule has 134 valence electrons. The normalized spacial score (nSPS) is 17.0. The summed E-state index contributed by atoms with van der Waals surface area (Å²) < 4.78 is 11.6. The third kappa shape index (κ3) is 5.35. The number of hydrogen-bond donors (Lipinski definition) is 1. The number of aryl methyl sites for hydroxylation is 1. The Bertz CT molecular complexity index is 698. The molecule has 0 aliphatic carbocycles. The zero-order chi connectivity index (χ0) is 17.6. The average molecular weight is 380 g/mol. The Labute approximate surface area is 159 Å². The summed E-state index contributed by atoms with van der Waals surface area (Å²) in [5, 5.41) is 4.57. The first-order valence-corrected chi connectivity index (χ1v) is 9.36. The van der Waals surface area contributed by atoms with Gasteiger partial charge in [-0.25, -0.2) is 0 Å². The second kappa shape index (κ2) is 8.91. The van der Waals surface area contributed by atoms with Crippen LogP contribution in [0.4, 0.5) is 0 Å². The molecule has 1 fully saturated rings. The van der Waals surface area contributed by atoms with Gasteiger partial charge in [-0.1, -0.05) is 53.0 Å². The predicted molar refractivity (Wildman–Crippen MR) is 103 cm³/mol. The average Bonchev–Trinajstić information content (AvgIpc) is 3.09. The van der Waals surface area contributed by atoms with Gasteiger partial charge in [0.05, 0.1) is 11.1 Å². The van der Waals surface area contributed by atoms with E-state index in [4.69, 9.17) is 32.7 Å².